The van der Waals surface area contributed by atoms with Gasteiger partial charge in [0, 0.05) is 24.2 Å². The second-order valence-electron chi connectivity index (χ2n) is 5.16. The van der Waals surface area contributed by atoms with Crippen LogP contribution < -0.4 is 5.32 Å². The lowest BCUT2D eigenvalue weighted by molar-refractivity contribution is -0.385. The first-order valence-corrected chi connectivity index (χ1v) is 6.74. The monoisotopic (exact) mass is 264 g/mol. The van der Waals surface area contributed by atoms with Crippen molar-refractivity contribution in [3.05, 3.63) is 39.4 Å². The van der Waals surface area contributed by atoms with Crippen LogP contribution in [0, 0.1) is 17.0 Å². The SMILES string of the molecule is Cc1c(CNC2CCCCC2O)cccc1[N+](=O)[O-]. The summed E-state index contributed by atoms with van der Waals surface area (Å²) in [6.07, 6.45) is 3.71. The Morgan fingerprint density at radius 1 is 1.42 bits per heavy atom. The van der Waals surface area contributed by atoms with Gasteiger partial charge in [-0.05, 0) is 25.3 Å². The summed E-state index contributed by atoms with van der Waals surface area (Å²) in [4.78, 5) is 10.5. The van der Waals surface area contributed by atoms with Gasteiger partial charge in [0.15, 0.2) is 0 Å². The van der Waals surface area contributed by atoms with E-state index in [9.17, 15) is 15.2 Å². The Morgan fingerprint density at radius 2 is 2.16 bits per heavy atom. The van der Waals surface area contributed by atoms with E-state index >= 15 is 0 Å². The molecule has 5 nitrogen and oxygen atoms in total. The van der Waals surface area contributed by atoms with Gasteiger partial charge in [0.2, 0.25) is 0 Å². The molecular weight excluding hydrogens is 244 g/mol. The third-order valence-electron chi connectivity index (χ3n) is 3.90. The molecule has 5 heteroatoms. The summed E-state index contributed by atoms with van der Waals surface area (Å²) in [6, 6.07) is 5.23. The average molecular weight is 264 g/mol. The molecule has 1 aliphatic rings. The van der Waals surface area contributed by atoms with E-state index in [1.807, 2.05) is 6.07 Å². The Hall–Kier alpha value is -1.46. The van der Waals surface area contributed by atoms with Crippen molar-refractivity contribution in [1.82, 2.24) is 5.32 Å². The molecule has 104 valence electrons. The van der Waals surface area contributed by atoms with Gasteiger partial charge in [0.25, 0.3) is 5.69 Å². The van der Waals surface area contributed by atoms with Crippen LogP contribution in [0.4, 0.5) is 5.69 Å². The standard InChI is InChI=1S/C14H20N2O3/c1-10-11(5-4-7-13(10)16(18)19)9-15-12-6-2-3-8-14(12)17/h4-5,7,12,14-15,17H,2-3,6,8-9H2,1H3. The second-order valence-corrected chi connectivity index (χ2v) is 5.16. The van der Waals surface area contributed by atoms with Crippen LogP contribution in [-0.4, -0.2) is 22.2 Å². The molecule has 0 amide bonds. The molecule has 2 unspecified atom stereocenters. The fourth-order valence-electron chi connectivity index (χ4n) is 2.65. The number of hydrogen-bond donors (Lipinski definition) is 2. The van der Waals surface area contributed by atoms with Gasteiger partial charge in [-0.15, -0.1) is 0 Å². The van der Waals surface area contributed by atoms with Crippen LogP contribution in [0.5, 0.6) is 0 Å². The van der Waals surface area contributed by atoms with E-state index in [0.717, 1.165) is 31.2 Å². The molecule has 1 saturated carbocycles. The van der Waals surface area contributed by atoms with Gasteiger partial charge in [-0.1, -0.05) is 25.0 Å². The Balaban J connectivity index is 2.03. The molecule has 0 aromatic heterocycles. The van der Waals surface area contributed by atoms with Crippen molar-refractivity contribution in [3.63, 3.8) is 0 Å². The number of aliphatic hydroxyl groups excluding tert-OH is 1. The molecule has 2 atom stereocenters. The highest BCUT2D eigenvalue weighted by Crippen LogP contribution is 2.22. The zero-order valence-electron chi connectivity index (χ0n) is 11.1. The predicted octanol–water partition coefficient (Wildman–Crippen LogP) is 2.30. The van der Waals surface area contributed by atoms with Gasteiger partial charge >= 0.3 is 0 Å². The van der Waals surface area contributed by atoms with Crippen molar-refractivity contribution >= 4 is 5.69 Å². The van der Waals surface area contributed by atoms with Crippen LogP contribution in [0.1, 0.15) is 36.8 Å². The number of nitrogens with zero attached hydrogens (tertiary/aromatic N) is 1. The summed E-state index contributed by atoms with van der Waals surface area (Å²) in [5, 5.41) is 24.1. The van der Waals surface area contributed by atoms with Crippen LogP contribution in [0.25, 0.3) is 0 Å². The summed E-state index contributed by atoms with van der Waals surface area (Å²) in [7, 11) is 0. The molecule has 0 heterocycles. The van der Waals surface area contributed by atoms with Crippen LogP contribution in [0.2, 0.25) is 0 Å². The Labute approximate surface area is 112 Å². The van der Waals surface area contributed by atoms with E-state index in [4.69, 9.17) is 0 Å². The quantitative estimate of drug-likeness (QED) is 0.646. The number of benzene rings is 1. The van der Waals surface area contributed by atoms with E-state index in [1.165, 1.54) is 6.07 Å². The van der Waals surface area contributed by atoms with Gasteiger partial charge in [0.05, 0.1) is 11.0 Å². The lowest BCUT2D eigenvalue weighted by atomic mass is 9.92. The van der Waals surface area contributed by atoms with Crippen LogP contribution >= 0.6 is 0 Å². The van der Waals surface area contributed by atoms with Gasteiger partial charge in [0.1, 0.15) is 0 Å². The fourth-order valence-corrected chi connectivity index (χ4v) is 2.65. The molecule has 1 aromatic carbocycles. The van der Waals surface area contributed by atoms with Crippen molar-refractivity contribution in [3.8, 4) is 0 Å². The number of nitro groups is 1. The first-order valence-electron chi connectivity index (χ1n) is 6.74. The Morgan fingerprint density at radius 3 is 2.84 bits per heavy atom. The van der Waals surface area contributed by atoms with Gasteiger partial charge in [-0.3, -0.25) is 10.1 Å². The summed E-state index contributed by atoms with van der Waals surface area (Å²) in [5.41, 5.74) is 1.78. The molecule has 2 rings (SSSR count). The summed E-state index contributed by atoms with van der Waals surface area (Å²) in [6.45, 7) is 2.34. The normalized spacial score (nSPS) is 23.3. The van der Waals surface area contributed by atoms with Gasteiger partial charge in [-0.25, -0.2) is 0 Å². The molecular formula is C14H20N2O3. The van der Waals surface area contributed by atoms with Crippen molar-refractivity contribution in [2.45, 2.75) is 51.3 Å². The van der Waals surface area contributed by atoms with E-state index in [0.29, 0.717) is 12.1 Å². The molecule has 0 bridgehead atoms. The van der Waals surface area contributed by atoms with Crippen molar-refractivity contribution in [2.75, 3.05) is 0 Å². The number of rotatable bonds is 4. The maximum Gasteiger partial charge on any atom is 0.272 e. The highest BCUT2D eigenvalue weighted by Gasteiger charge is 2.22. The third kappa shape index (κ3) is 3.30. The van der Waals surface area contributed by atoms with Crippen LogP contribution in [0.15, 0.2) is 18.2 Å². The first kappa shape index (κ1) is 14.0. The third-order valence-corrected chi connectivity index (χ3v) is 3.90. The Bertz CT molecular complexity index is 462. The van der Waals surface area contributed by atoms with Crippen molar-refractivity contribution in [2.24, 2.45) is 0 Å². The maximum atomic E-state index is 10.9. The largest absolute Gasteiger partial charge is 0.392 e. The number of hydrogen-bond acceptors (Lipinski definition) is 4. The van der Waals surface area contributed by atoms with Gasteiger partial charge in [-0.2, -0.15) is 0 Å². The molecule has 1 fully saturated rings. The molecule has 0 aliphatic heterocycles. The molecule has 2 N–H and O–H groups in total. The van der Waals surface area contributed by atoms with E-state index in [-0.39, 0.29) is 22.8 Å². The summed E-state index contributed by atoms with van der Waals surface area (Å²) >= 11 is 0. The predicted molar refractivity (Wildman–Crippen MR) is 72.9 cm³/mol. The smallest absolute Gasteiger partial charge is 0.272 e. The maximum absolute atomic E-state index is 10.9. The topological polar surface area (TPSA) is 75.4 Å². The number of nitro benzene ring substituents is 1. The highest BCUT2D eigenvalue weighted by atomic mass is 16.6. The first-order chi connectivity index (χ1) is 9.09. The molecule has 0 saturated heterocycles. The molecule has 1 aromatic rings. The lowest BCUT2D eigenvalue weighted by Gasteiger charge is -2.28. The number of aliphatic hydroxyl groups is 1. The van der Waals surface area contributed by atoms with Gasteiger partial charge < -0.3 is 10.4 Å². The zero-order chi connectivity index (χ0) is 13.8. The van der Waals surface area contributed by atoms with E-state index in [2.05, 4.69) is 5.32 Å². The zero-order valence-corrected chi connectivity index (χ0v) is 11.1. The second kappa shape index (κ2) is 6.12. The minimum atomic E-state index is -0.353. The minimum Gasteiger partial charge on any atom is -0.392 e. The van der Waals surface area contributed by atoms with Crippen LogP contribution in [-0.2, 0) is 6.54 Å². The van der Waals surface area contributed by atoms with Crippen molar-refractivity contribution in [1.29, 1.82) is 0 Å². The fraction of sp³-hybridized carbons (Fsp3) is 0.571. The lowest BCUT2D eigenvalue weighted by Crippen LogP contribution is -2.41. The summed E-state index contributed by atoms with van der Waals surface area (Å²) in [5.74, 6) is 0. The van der Waals surface area contributed by atoms with E-state index < -0.39 is 0 Å². The highest BCUT2D eigenvalue weighted by molar-refractivity contribution is 5.44. The molecule has 1 aliphatic carbocycles. The molecule has 0 radical (unpaired) electrons. The van der Waals surface area contributed by atoms with Crippen LogP contribution in [0.3, 0.4) is 0 Å². The Kier molecular flexibility index (Phi) is 4.50. The van der Waals surface area contributed by atoms with Crippen molar-refractivity contribution < 1.29 is 10.0 Å². The molecule has 19 heavy (non-hydrogen) atoms. The van der Waals surface area contributed by atoms with E-state index in [1.54, 1.807) is 13.0 Å². The minimum absolute atomic E-state index is 0.104. The average Bonchev–Trinajstić information content (AvgIpc) is 2.39. The number of nitrogens with one attached hydrogen (secondary N) is 1. The summed E-state index contributed by atoms with van der Waals surface area (Å²) < 4.78 is 0. The molecule has 0 spiro atoms.